The van der Waals surface area contributed by atoms with Crippen LogP contribution in [0.2, 0.25) is 0 Å². The van der Waals surface area contributed by atoms with Crippen molar-refractivity contribution in [2.75, 3.05) is 6.61 Å². The number of rotatable bonds is 28. The Morgan fingerprint density at radius 2 is 1.03 bits per heavy atom. The van der Waals surface area contributed by atoms with E-state index in [1.54, 1.807) is 0 Å². The number of aliphatic carboxylic acids is 1. The number of hydrogen-bond donors (Lipinski definition) is 1. The van der Waals surface area contributed by atoms with Crippen molar-refractivity contribution in [2.45, 2.75) is 168 Å². The van der Waals surface area contributed by atoms with Crippen LogP contribution in [0.5, 0.6) is 0 Å². The van der Waals surface area contributed by atoms with Crippen molar-refractivity contribution < 1.29 is 19.4 Å². The second-order valence-corrected chi connectivity index (χ2v) is 10.7. The van der Waals surface area contributed by atoms with E-state index in [0.717, 1.165) is 25.7 Å². The first kappa shape index (κ1) is 34.7. The Morgan fingerprint density at radius 3 is 1.44 bits per heavy atom. The summed E-state index contributed by atoms with van der Waals surface area (Å²) >= 11 is 0. The number of carbonyl (C=O) groups is 2. The molecule has 0 aliphatic carbocycles. The van der Waals surface area contributed by atoms with Crippen LogP contribution in [0.3, 0.4) is 0 Å². The summed E-state index contributed by atoms with van der Waals surface area (Å²) in [7, 11) is 0. The van der Waals surface area contributed by atoms with Crippen molar-refractivity contribution in [3.63, 3.8) is 0 Å². The molecule has 0 bridgehead atoms. The van der Waals surface area contributed by atoms with Crippen molar-refractivity contribution in [3.8, 4) is 0 Å². The third kappa shape index (κ3) is 25.8. The lowest BCUT2D eigenvalue weighted by Crippen LogP contribution is -2.19. The molecule has 0 rings (SSSR count). The predicted molar refractivity (Wildman–Crippen MR) is 153 cm³/mol. The Morgan fingerprint density at radius 1 is 0.611 bits per heavy atom. The molecule has 0 amide bonds. The number of allylic oxidation sites excluding steroid dienone is 2. The van der Waals surface area contributed by atoms with Crippen LogP contribution >= 0.6 is 0 Å². The van der Waals surface area contributed by atoms with E-state index in [0.29, 0.717) is 13.0 Å². The van der Waals surface area contributed by atoms with Crippen LogP contribution in [0.1, 0.15) is 168 Å². The fourth-order valence-corrected chi connectivity index (χ4v) is 4.66. The number of esters is 1. The zero-order chi connectivity index (χ0) is 26.5. The number of unbranched alkanes of at least 4 members (excludes halogenated alkanes) is 19. The largest absolute Gasteiger partial charge is 0.481 e. The molecule has 0 spiro atoms. The standard InChI is InChI=1S/C32H60O4/c1-3-5-6-7-8-9-10-11-12-13-14-15-16-17-18-19-20-21-22-23-24-25-26-27-30(32(34)35)29-31(33)36-28-4-2/h16-17,30H,3-15,18-29H2,1-2H3,(H,34,35)/b17-16+. The summed E-state index contributed by atoms with van der Waals surface area (Å²) in [4.78, 5) is 23.0. The highest BCUT2D eigenvalue weighted by molar-refractivity contribution is 5.78. The Kier molecular flexibility index (Phi) is 27.2. The van der Waals surface area contributed by atoms with Gasteiger partial charge in [0.25, 0.3) is 0 Å². The fraction of sp³-hybridized carbons (Fsp3) is 0.875. The molecule has 0 heterocycles. The van der Waals surface area contributed by atoms with Gasteiger partial charge in [-0.1, -0.05) is 135 Å². The molecule has 0 aliphatic heterocycles. The lowest BCUT2D eigenvalue weighted by atomic mass is 9.97. The lowest BCUT2D eigenvalue weighted by molar-refractivity contribution is -0.151. The molecule has 0 radical (unpaired) electrons. The average Bonchev–Trinajstić information content (AvgIpc) is 2.87. The van der Waals surface area contributed by atoms with Gasteiger partial charge in [-0.05, 0) is 38.5 Å². The highest BCUT2D eigenvalue weighted by atomic mass is 16.5. The summed E-state index contributed by atoms with van der Waals surface area (Å²) in [5.41, 5.74) is 0. The van der Waals surface area contributed by atoms with Crippen LogP contribution in [0.25, 0.3) is 0 Å². The van der Waals surface area contributed by atoms with Gasteiger partial charge < -0.3 is 9.84 Å². The van der Waals surface area contributed by atoms with Gasteiger partial charge in [-0.3, -0.25) is 9.59 Å². The van der Waals surface area contributed by atoms with Gasteiger partial charge in [0.05, 0.1) is 18.9 Å². The minimum atomic E-state index is -0.878. The number of ether oxygens (including phenoxy) is 1. The van der Waals surface area contributed by atoms with Crippen LogP contribution < -0.4 is 0 Å². The van der Waals surface area contributed by atoms with Gasteiger partial charge in [-0.15, -0.1) is 0 Å². The normalized spacial score (nSPS) is 12.3. The minimum absolute atomic E-state index is 0.00306. The van der Waals surface area contributed by atoms with Crippen molar-refractivity contribution in [3.05, 3.63) is 12.2 Å². The van der Waals surface area contributed by atoms with Crippen molar-refractivity contribution in [2.24, 2.45) is 5.92 Å². The SMILES string of the molecule is CCCCCCCCCCCCC/C=C/CCCCCCCCCCC(CC(=O)OCCC)C(=O)O. The van der Waals surface area contributed by atoms with E-state index < -0.39 is 11.9 Å². The molecule has 1 unspecified atom stereocenters. The quantitative estimate of drug-likeness (QED) is 0.0648. The summed E-state index contributed by atoms with van der Waals surface area (Å²) < 4.78 is 5.02. The first-order valence-electron chi connectivity index (χ1n) is 15.6. The molecule has 1 N–H and O–H groups in total. The Labute approximate surface area is 224 Å². The third-order valence-corrected chi connectivity index (χ3v) is 7.04. The molecule has 0 aromatic rings. The molecule has 36 heavy (non-hydrogen) atoms. The predicted octanol–water partition coefficient (Wildman–Crippen LogP) is 10.2. The van der Waals surface area contributed by atoms with E-state index in [-0.39, 0.29) is 12.4 Å². The second-order valence-electron chi connectivity index (χ2n) is 10.7. The fourth-order valence-electron chi connectivity index (χ4n) is 4.66. The molecule has 212 valence electrons. The topological polar surface area (TPSA) is 63.6 Å². The van der Waals surface area contributed by atoms with Crippen LogP contribution in [-0.4, -0.2) is 23.7 Å². The Hall–Kier alpha value is -1.32. The van der Waals surface area contributed by atoms with Gasteiger partial charge >= 0.3 is 11.9 Å². The minimum Gasteiger partial charge on any atom is -0.481 e. The maximum atomic E-state index is 11.7. The van der Waals surface area contributed by atoms with E-state index in [2.05, 4.69) is 19.1 Å². The molecule has 1 atom stereocenters. The van der Waals surface area contributed by atoms with E-state index in [1.165, 1.54) is 116 Å². The van der Waals surface area contributed by atoms with Crippen molar-refractivity contribution in [1.82, 2.24) is 0 Å². The first-order valence-corrected chi connectivity index (χ1v) is 15.6. The van der Waals surface area contributed by atoms with E-state index in [1.807, 2.05) is 6.92 Å². The molecule has 4 heteroatoms. The molecule has 0 aliphatic rings. The molecular weight excluding hydrogens is 448 g/mol. The second kappa shape index (κ2) is 28.3. The Bertz CT molecular complexity index is 514. The molecular formula is C32H60O4. The Balaban J connectivity index is 3.37. The van der Waals surface area contributed by atoms with Crippen LogP contribution in [0.4, 0.5) is 0 Å². The number of hydrogen-bond acceptors (Lipinski definition) is 3. The van der Waals surface area contributed by atoms with Gasteiger partial charge in [0.1, 0.15) is 0 Å². The van der Waals surface area contributed by atoms with Crippen molar-refractivity contribution >= 4 is 11.9 Å². The monoisotopic (exact) mass is 508 g/mol. The number of carboxylic acids is 1. The number of carbonyl (C=O) groups excluding carboxylic acids is 1. The maximum Gasteiger partial charge on any atom is 0.307 e. The molecule has 0 saturated carbocycles. The van der Waals surface area contributed by atoms with Gasteiger partial charge in [-0.2, -0.15) is 0 Å². The van der Waals surface area contributed by atoms with Gasteiger partial charge in [0, 0.05) is 0 Å². The van der Waals surface area contributed by atoms with Crippen molar-refractivity contribution in [1.29, 1.82) is 0 Å². The first-order chi connectivity index (χ1) is 17.6. The molecule has 4 nitrogen and oxygen atoms in total. The van der Waals surface area contributed by atoms with E-state index in [4.69, 9.17) is 4.74 Å². The molecule has 0 fully saturated rings. The van der Waals surface area contributed by atoms with Crippen LogP contribution in [-0.2, 0) is 14.3 Å². The van der Waals surface area contributed by atoms with Gasteiger partial charge in [0.2, 0.25) is 0 Å². The highest BCUT2D eigenvalue weighted by Crippen LogP contribution is 2.17. The van der Waals surface area contributed by atoms with Crippen LogP contribution in [0, 0.1) is 5.92 Å². The third-order valence-electron chi connectivity index (χ3n) is 7.04. The smallest absolute Gasteiger partial charge is 0.307 e. The van der Waals surface area contributed by atoms with E-state index >= 15 is 0 Å². The zero-order valence-corrected chi connectivity index (χ0v) is 24.1. The van der Waals surface area contributed by atoms with Crippen LogP contribution in [0.15, 0.2) is 12.2 Å². The molecule has 0 aromatic carbocycles. The lowest BCUT2D eigenvalue weighted by Gasteiger charge is -2.11. The summed E-state index contributed by atoms with van der Waals surface area (Å²) in [5.74, 6) is -1.86. The average molecular weight is 509 g/mol. The summed E-state index contributed by atoms with van der Waals surface area (Å²) in [6.07, 6.45) is 33.6. The van der Waals surface area contributed by atoms with Gasteiger partial charge in [-0.25, -0.2) is 0 Å². The maximum absolute atomic E-state index is 11.7. The number of carboxylic acid groups (broad SMARTS) is 1. The summed E-state index contributed by atoms with van der Waals surface area (Å²) in [5, 5.41) is 9.31. The highest BCUT2D eigenvalue weighted by Gasteiger charge is 2.21. The van der Waals surface area contributed by atoms with Gasteiger partial charge in [0.15, 0.2) is 0 Å². The molecule has 0 saturated heterocycles. The molecule has 0 aromatic heterocycles. The summed E-state index contributed by atoms with van der Waals surface area (Å²) in [6.45, 7) is 4.59. The zero-order valence-electron chi connectivity index (χ0n) is 24.1. The summed E-state index contributed by atoms with van der Waals surface area (Å²) in [6, 6.07) is 0. The van der Waals surface area contributed by atoms with E-state index in [9.17, 15) is 14.7 Å².